The van der Waals surface area contributed by atoms with Crippen molar-refractivity contribution in [1.82, 2.24) is 4.90 Å². The Morgan fingerprint density at radius 1 is 1.11 bits per heavy atom. The fraction of sp³-hybridized carbons (Fsp3) is 0.312. The highest BCUT2D eigenvalue weighted by Crippen LogP contribution is 2.25. The molecular formula is C16H17NO2. The molecule has 1 fully saturated rings. The summed E-state index contributed by atoms with van der Waals surface area (Å²) in [6, 6.07) is 9.74. The fourth-order valence-corrected chi connectivity index (χ4v) is 2.58. The van der Waals surface area contributed by atoms with E-state index in [1.54, 1.807) is 6.26 Å². The standard InChI is InChI=1S/C16H17NO2/c1-12-15(8-11-19-12)13-4-6-14(7-5-13)16(18)17-9-2-3-10-17/h4-8,11H,2-3,9-10H2,1H3. The predicted molar refractivity (Wildman–Crippen MR) is 74.0 cm³/mol. The molecule has 1 aromatic carbocycles. The first-order chi connectivity index (χ1) is 9.25. The van der Waals surface area contributed by atoms with Crippen LogP contribution in [0.5, 0.6) is 0 Å². The van der Waals surface area contributed by atoms with Crippen molar-refractivity contribution in [2.24, 2.45) is 0 Å². The molecule has 0 radical (unpaired) electrons. The summed E-state index contributed by atoms with van der Waals surface area (Å²) in [6.07, 6.45) is 3.93. The van der Waals surface area contributed by atoms with Crippen molar-refractivity contribution in [3.8, 4) is 11.1 Å². The summed E-state index contributed by atoms with van der Waals surface area (Å²) < 4.78 is 5.30. The molecule has 3 nitrogen and oxygen atoms in total. The summed E-state index contributed by atoms with van der Waals surface area (Å²) in [5.74, 6) is 1.05. The van der Waals surface area contributed by atoms with E-state index in [0.29, 0.717) is 0 Å². The maximum Gasteiger partial charge on any atom is 0.253 e. The molecule has 0 atom stereocenters. The van der Waals surface area contributed by atoms with Crippen LogP contribution in [0.25, 0.3) is 11.1 Å². The fourth-order valence-electron chi connectivity index (χ4n) is 2.58. The topological polar surface area (TPSA) is 33.5 Å². The van der Waals surface area contributed by atoms with Gasteiger partial charge >= 0.3 is 0 Å². The van der Waals surface area contributed by atoms with Gasteiger partial charge in [0.25, 0.3) is 5.91 Å². The summed E-state index contributed by atoms with van der Waals surface area (Å²) in [6.45, 7) is 3.72. The summed E-state index contributed by atoms with van der Waals surface area (Å²) in [7, 11) is 0. The molecule has 1 saturated heterocycles. The molecule has 98 valence electrons. The Kier molecular flexibility index (Phi) is 3.11. The second-order valence-corrected chi connectivity index (χ2v) is 4.97. The van der Waals surface area contributed by atoms with E-state index in [9.17, 15) is 4.79 Å². The smallest absolute Gasteiger partial charge is 0.253 e. The number of nitrogens with zero attached hydrogens (tertiary/aromatic N) is 1. The number of furan rings is 1. The lowest BCUT2D eigenvalue weighted by Crippen LogP contribution is -2.27. The van der Waals surface area contributed by atoms with Gasteiger partial charge in [-0.15, -0.1) is 0 Å². The van der Waals surface area contributed by atoms with Gasteiger partial charge in [-0.1, -0.05) is 12.1 Å². The Bertz CT molecular complexity index is 577. The molecule has 0 N–H and O–H groups in total. The maximum absolute atomic E-state index is 12.2. The number of amides is 1. The Labute approximate surface area is 112 Å². The van der Waals surface area contributed by atoms with Crippen molar-refractivity contribution in [3.05, 3.63) is 47.9 Å². The summed E-state index contributed by atoms with van der Waals surface area (Å²) in [4.78, 5) is 14.1. The molecule has 3 heteroatoms. The minimum atomic E-state index is 0.146. The largest absolute Gasteiger partial charge is 0.469 e. The van der Waals surface area contributed by atoms with Gasteiger partial charge in [0.15, 0.2) is 0 Å². The molecule has 1 amide bonds. The molecular weight excluding hydrogens is 238 g/mol. The minimum absolute atomic E-state index is 0.146. The Balaban J connectivity index is 1.83. The zero-order chi connectivity index (χ0) is 13.2. The average molecular weight is 255 g/mol. The third-order valence-electron chi connectivity index (χ3n) is 3.69. The van der Waals surface area contributed by atoms with Gasteiger partial charge in [0.1, 0.15) is 5.76 Å². The minimum Gasteiger partial charge on any atom is -0.469 e. The number of aryl methyl sites for hydroxylation is 1. The number of hydrogen-bond acceptors (Lipinski definition) is 2. The van der Waals surface area contributed by atoms with Crippen LogP contribution in [-0.4, -0.2) is 23.9 Å². The Morgan fingerprint density at radius 3 is 2.37 bits per heavy atom. The molecule has 3 rings (SSSR count). The summed E-state index contributed by atoms with van der Waals surface area (Å²) >= 11 is 0. The number of carbonyl (C=O) groups is 1. The van der Waals surface area contributed by atoms with Gasteiger partial charge in [-0.3, -0.25) is 4.79 Å². The lowest BCUT2D eigenvalue weighted by molar-refractivity contribution is 0.0793. The van der Waals surface area contributed by atoms with E-state index >= 15 is 0 Å². The SMILES string of the molecule is Cc1occc1-c1ccc(C(=O)N2CCCC2)cc1. The number of rotatable bonds is 2. The van der Waals surface area contributed by atoms with Gasteiger partial charge in [0, 0.05) is 24.2 Å². The molecule has 0 bridgehead atoms. The first-order valence-corrected chi connectivity index (χ1v) is 6.69. The van der Waals surface area contributed by atoms with Crippen LogP contribution in [0.1, 0.15) is 29.0 Å². The van der Waals surface area contributed by atoms with Crippen LogP contribution < -0.4 is 0 Å². The normalized spacial score (nSPS) is 14.9. The molecule has 0 unspecified atom stereocenters. The molecule has 1 aromatic heterocycles. The van der Waals surface area contributed by atoms with Gasteiger partial charge in [-0.2, -0.15) is 0 Å². The van der Waals surface area contributed by atoms with Gasteiger partial charge in [0.2, 0.25) is 0 Å². The molecule has 1 aliphatic rings. The van der Waals surface area contributed by atoms with E-state index in [1.165, 1.54) is 0 Å². The lowest BCUT2D eigenvalue weighted by atomic mass is 10.0. The number of hydrogen-bond donors (Lipinski definition) is 0. The second kappa shape index (κ2) is 4.92. The Hall–Kier alpha value is -2.03. The summed E-state index contributed by atoms with van der Waals surface area (Å²) in [5.41, 5.74) is 2.94. The van der Waals surface area contributed by atoms with Crippen LogP contribution in [-0.2, 0) is 0 Å². The van der Waals surface area contributed by atoms with Gasteiger partial charge in [0.05, 0.1) is 6.26 Å². The highest BCUT2D eigenvalue weighted by molar-refractivity contribution is 5.94. The monoisotopic (exact) mass is 255 g/mol. The van der Waals surface area contributed by atoms with Crippen molar-refractivity contribution in [2.75, 3.05) is 13.1 Å². The highest BCUT2D eigenvalue weighted by atomic mass is 16.3. The zero-order valence-electron chi connectivity index (χ0n) is 11.1. The number of likely N-dealkylation sites (tertiary alicyclic amines) is 1. The number of carbonyl (C=O) groups excluding carboxylic acids is 1. The van der Waals surface area contributed by atoms with E-state index in [4.69, 9.17) is 4.42 Å². The first-order valence-electron chi connectivity index (χ1n) is 6.69. The third-order valence-corrected chi connectivity index (χ3v) is 3.69. The molecule has 19 heavy (non-hydrogen) atoms. The average Bonchev–Trinajstić information content (AvgIpc) is 3.09. The van der Waals surface area contributed by atoms with E-state index in [0.717, 1.165) is 48.4 Å². The second-order valence-electron chi connectivity index (χ2n) is 4.97. The Morgan fingerprint density at radius 2 is 1.79 bits per heavy atom. The van der Waals surface area contributed by atoms with Crippen LogP contribution >= 0.6 is 0 Å². The zero-order valence-corrected chi connectivity index (χ0v) is 11.1. The quantitative estimate of drug-likeness (QED) is 0.823. The van der Waals surface area contributed by atoms with Crippen LogP contribution in [0.2, 0.25) is 0 Å². The third kappa shape index (κ3) is 2.28. The first kappa shape index (κ1) is 12.0. The predicted octanol–water partition coefficient (Wildman–Crippen LogP) is 3.49. The molecule has 0 saturated carbocycles. The van der Waals surface area contributed by atoms with Crippen molar-refractivity contribution in [1.29, 1.82) is 0 Å². The van der Waals surface area contributed by atoms with E-state index in [1.807, 2.05) is 42.2 Å². The van der Waals surface area contributed by atoms with Crippen LogP contribution in [0.4, 0.5) is 0 Å². The highest BCUT2D eigenvalue weighted by Gasteiger charge is 2.19. The molecule has 2 aromatic rings. The molecule has 0 aliphatic carbocycles. The van der Waals surface area contributed by atoms with Crippen molar-refractivity contribution < 1.29 is 9.21 Å². The van der Waals surface area contributed by atoms with Gasteiger partial charge in [-0.25, -0.2) is 0 Å². The van der Waals surface area contributed by atoms with Crippen molar-refractivity contribution >= 4 is 5.91 Å². The maximum atomic E-state index is 12.2. The van der Waals surface area contributed by atoms with E-state index in [2.05, 4.69) is 0 Å². The van der Waals surface area contributed by atoms with E-state index < -0.39 is 0 Å². The van der Waals surface area contributed by atoms with Gasteiger partial charge in [-0.05, 0) is 43.5 Å². The van der Waals surface area contributed by atoms with Crippen LogP contribution in [0.3, 0.4) is 0 Å². The lowest BCUT2D eigenvalue weighted by Gasteiger charge is -2.15. The summed E-state index contributed by atoms with van der Waals surface area (Å²) in [5, 5.41) is 0. The van der Waals surface area contributed by atoms with Crippen molar-refractivity contribution in [2.45, 2.75) is 19.8 Å². The van der Waals surface area contributed by atoms with Crippen LogP contribution in [0.15, 0.2) is 41.0 Å². The molecule has 2 heterocycles. The van der Waals surface area contributed by atoms with E-state index in [-0.39, 0.29) is 5.91 Å². The molecule has 0 spiro atoms. The number of benzene rings is 1. The van der Waals surface area contributed by atoms with Gasteiger partial charge < -0.3 is 9.32 Å². The van der Waals surface area contributed by atoms with Crippen LogP contribution in [0, 0.1) is 6.92 Å². The van der Waals surface area contributed by atoms with Crippen molar-refractivity contribution in [3.63, 3.8) is 0 Å². The molecule has 1 aliphatic heterocycles.